The lowest BCUT2D eigenvalue weighted by molar-refractivity contribution is 0.299. The molecule has 0 aromatic rings. The quantitative estimate of drug-likeness (QED) is 0.540. The Morgan fingerprint density at radius 3 is 2.19 bits per heavy atom. The monoisotopic (exact) mass is 221 g/mol. The van der Waals surface area contributed by atoms with Gasteiger partial charge in [0.1, 0.15) is 0 Å². The number of fused-ring (bicyclic) bond motifs is 1. The van der Waals surface area contributed by atoms with Gasteiger partial charge < -0.3 is 10.2 Å². The molecule has 0 bridgehead atoms. The van der Waals surface area contributed by atoms with E-state index in [2.05, 4.69) is 15.2 Å². The summed E-state index contributed by atoms with van der Waals surface area (Å²) in [5.74, 6) is 3.06. The molecule has 1 heterocycles. The molecule has 3 nitrogen and oxygen atoms in total. The summed E-state index contributed by atoms with van der Waals surface area (Å²) >= 11 is 0. The first kappa shape index (κ1) is 10.4. The highest BCUT2D eigenvalue weighted by molar-refractivity contribution is 5.80. The van der Waals surface area contributed by atoms with E-state index < -0.39 is 0 Å². The zero-order valence-corrected chi connectivity index (χ0v) is 10.3. The second kappa shape index (κ2) is 4.27. The molecule has 3 heteroatoms. The SMILES string of the molecule is CN=C(NC1CC1)N1CC2CCCCC2C1. The Labute approximate surface area is 98.3 Å². The van der Waals surface area contributed by atoms with Crippen LogP contribution < -0.4 is 5.32 Å². The van der Waals surface area contributed by atoms with Gasteiger partial charge in [0, 0.05) is 26.2 Å². The number of likely N-dealkylation sites (tertiary alicyclic amines) is 1. The van der Waals surface area contributed by atoms with Crippen molar-refractivity contribution in [2.24, 2.45) is 16.8 Å². The predicted molar refractivity (Wildman–Crippen MR) is 66.5 cm³/mol. The van der Waals surface area contributed by atoms with Crippen LogP contribution in [0.3, 0.4) is 0 Å². The third kappa shape index (κ3) is 2.04. The lowest BCUT2D eigenvalue weighted by atomic mass is 9.82. The summed E-state index contributed by atoms with van der Waals surface area (Å²) in [6, 6.07) is 0.723. The molecular formula is C13H23N3. The number of aliphatic imine (C=N–C) groups is 1. The summed E-state index contributed by atoms with van der Waals surface area (Å²) in [6.45, 7) is 2.49. The summed E-state index contributed by atoms with van der Waals surface area (Å²) in [5, 5.41) is 3.57. The van der Waals surface area contributed by atoms with E-state index in [1.807, 2.05) is 7.05 Å². The van der Waals surface area contributed by atoms with Crippen LogP contribution in [0.5, 0.6) is 0 Å². The maximum absolute atomic E-state index is 4.44. The van der Waals surface area contributed by atoms with Crippen molar-refractivity contribution >= 4 is 5.96 Å². The average Bonchev–Trinajstić information content (AvgIpc) is 3.02. The molecule has 0 spiro atoms. The molecule has 3 aliphatic rings. The van der Waals surface area contributed by atoms with Gasteiger partial charge in [-0.15, -0.1) is 0 Å². The molecule has 0 aromatic heterocycles. The van der Waals surface area contributed by atoms with E-state index in [-0.39, 0.29) is 0 Å². The maximum atomic E-state index is 4.44. The third-order valence-electron chi connectivity index (χ3n) is 4.40. The first-order valence-corrected chi connectivity index (χ1v) is 6.85. The summed E-state index contributed by atoms with van der Waals surface area (Å²) in [6.07, 6.45) is 8.45. The highest BCUT2D eigenvalue weighted by Gasteiger charge is 2.36. The molecule has 2 aliphatic carbocycles. The van der Waals surface area contributed by atoms with Crippen LogP contribution in [-0.2, 0) is 0 Å². The zero-order valence-electron chi connectivity index (χ0n) is 10.3. The molecule has 1 saturated heterocycles. The molecule has 1 aliphatic heterocycles. The third-order valence-corrected chi connectivity index (χ3v) is 4.40. The molecule has 16 heavy (non-hydrogen) atoms. The fourth-order valence-corrected chi connectivity index (χ4v) is 3.29. The van der Waals surface area contributed by atoms with Gasteiger partial charge in [0.2, 0.25) is 0 Å². The van der Waals surface area contributed by atoms with Crippen molar-refractivity contribution in [1.82, 2.24) is 10.2 Å². The molecule has 1 N–H and O–H groups in total. The van der Waals surface area contributed by atoms with E-state index in [9.17, 15) is 0 Å². The molecular weight excluding hydrogens is 198 g/mol. The smallest absolute Gasteiger partial charge is 0.193 e. The van der Waals surface area contributed by atoms with Gasteiger partial charge in [0.15, 0.2) is 5.96 Å². The standard InChI is InChI=1S/C13H23N3/c1-14-13(15-12-6-7-12)16-8-10-4-2-3-5-11(10)9-16/h10-12H,2-9H2,1H3,(H,14,15). The second-order valence-corrected chi connectivity index (χ2v) is 5.68. The normalized spacial score (nSPS) is 35.1. The van der Waals surface area contributed by atoms with Crippen molar-refractivity contribution in [3.05, 3.63) is 0 Å². The number of guanidine groups is 1. The highest BCUT2D eigenvalue weighted by atomic mass is 15.3. The minimum Gasteiger partial charge on any atom is -0.354 e. The Kier molecular flexibility index (Phi) is 2.78. The van der Waals surface area contributed by atoms with Crippen LogP contribution in [0.4, 0.5) is 0 Å². The van der Waals surface area contributed by atoms with Gasteiger partial charge in [-0.1, -0.05) is 12.8 Å². The number of rotatable bonds is 1. The van der Waals surface area contributed by atoms with Gasteiger partial charge in [0.05, 0.1) is 0 Å². The fourth-order valence-electron chi connectivity index (χ4n) is 3.29. The Morgan fingerprint density at radius 1 is 1.06 bits per heavy atom. The summed E-state index contributed by atoms with van der Waals surface area (Å²) in [4.78, 5) is 6.94. The maximum Gasteiger partial charge on any atom is 0.193 e. The van der Waals surface area contributed by atoms with E-state index >= 15 is 0 Å². The van der Waals surface area contributed by atoms with Crippen molar-refractivity contribution in [1.29, 1.82) is 0 Å². The van der Waals surface area contributed by atoms with Crippen LogP contribution in [-0.4, -0.2) is 37.0 Å². The van der Waals surface area contributed by atoms with Crippen molar-refractivity contribution in [3.63, 3.8) is 0 Å². The molecule has 2 unspecified atom stereocenters. The molecule has 0 aromatic carbocycles. The summed E-state index contributed by atoms with van der Waals surface area (Å²) < 4.78 is 0. The van der Waals surface area contributed by atoms with Crippen LogP contribution in [0.1, 0.15) is 38.5 Å². The van der Waals surface area contributed by atoms with Crippen LogP contribution in [0.2, 0.25) is 0 Å². The Morgan fingerprint density at radius 2 is 1.69 bits per heavy atom. The molecule has 0 radical (unpaired) electrons. The van der Waals surface area contributed by atoms with Gasteiger partial charge in [0.25, 0.3) is 0 Å². The van der Waals surface area contributed by atoms with Crippen molar-refractivity contribution in [2.75, 3.05) is 20.1 Å². The van der Waals surface area contributed by atoms with Crippen LogP contribution in [0, 0.1) is 11.8 Å². The number of hydrogen-bond donors (Lipinski definition) is 1. The van der Waals surface area contributed by atoms with E-state index in [4.69, 9.17) is 0 Å². The Balaban J connectivity index is 1.61. The van der Waals surface area contributed by atoms with Crippen LogP contribution in [0.25, 0.3) is 0 Å². The minimum absolute atomic E-state index is 0.723. The van der Waals surface area contributed by atoms with Crippen LogP contribution >= 0.6 is 0 Å². The number of nitrogens with zero attached hydrogens (tertiary/aromatic N) is 2. The van der Waals surface area contributed by atoms with Crippen molar-refractivity contribution in [2.45, 2.75) is 44.6 Å². The zero-order chi connectivity index (χ0) is 11.0. The van der Waals surface area contributed by atoms with E-state index in [1.54, 1.807) is 0 Å². The van der Waals surface area contributed by atoms with Gasteiger partial charge >= 0.3 is 0 Å². The molecule has 0 amide bonds. The van der Waals surface area contributed by atoms with E-state index in [0.717, 1.165) is 23.8 Å². The number of hydrogen-bond acceptors (Lipinski definition) is 1. The first-order chi connectivity index (χ1) is 7.86. The summed E-state index contributed by atoms with van der Waals surface area (Å²) in [7, 11) is 1.92. The van der Waals surface area contributed by atoms with Gasteiger partial charge in [-0.05, 0) is 37.5 Å². The lowest BCUT2D eigenvalue weighted by Crippen LogP contribution is -2.41. The largest absolute Gasteiger partial charge is 0.354 e. The Bertz CT molecular complexity index is 269. The van der Waals surface area contributed by atoms with Gasteiger partial charge in [-0.2, -0.15) is 0 Å². The lowest BCUT2D eigenvalue weighted by Gasteiger charge is -2.22. The molecule has 3 rings (SSSR count). The average molecular weight is 221 g/mol. The van der Waals surface area contributed by atoms with E-state index in [1.165, 1.54) is 51.6 Å². The molecule has 90 valence electrons. The van der Waals surface area contributed by atoms with Gasteiger partial charge in [-0.25, -0.2) is 0 Å². The molecule has 2 atom stereocenters. The van der Waals surface area contributed by atoms with Crippen LogP contribution in [0.15, 0.2) is 4.99 Å². The topological polar surface area (TPSA) is 27.6 Å². The minimum atomic E-state index is 0.723. The Hall–Kier alpha value is -0.730. The highest BCUT2D eigenvalue weighted by Crippen LogP contribution is 2.36. The second-order valence-electron chi connectivity index (χ2n) is 5.68. The summed E-state index contributed by atoms with van der Waals surface area (Å²) in [5.41, 5.74) is 0. The first-order valence-electron chi connectivity index (χ1n) is 6.85. The number of nitrogens with one attached hydrogen (secondary N) is 1. The molecule has 3 fully saturated rings. The van der Waals surface area contributed by atoms with Crippen molar-refractivity contribution in [3.8, 4) is 0 Å². The fraction of sp³-hybridized carbons (Fsp3) is 0.923. The van der Waals surface area contributed by atoms with Gasteiger partial charge in [-0.3, -0.25) is 4.99 Å². The molecule has 2 saturated carbocycles. The predicted octanol–water partition coefficient (Wildman–Crippen LogP) is 1.85. The van der Waals surface area contributed by atoms with Crippen molar-refractivity contribution < 1.29 is 0 Å². The van der Waals surface area contributed by atoms with E-state index in [0.29, 0.717) is 0 Å².